The van der Waals surface area contributed by atoms with Crippen molar-refractivity contribution in [1.82, 2.24) is 9.21 Å². The van der Waals surface area contributed by atoms with Gasteiger partial charge in [0.2, 0.25) is 15.9 Å². The Labute approximate surface area is 183 Å². The Morgan fingerprint density at radius 1 is 1.17 bits per heavy atom. The van der Waals surface area contributed by atoms with Crippen LogP contribution in [0.4, 0.5) is 0 Å². The number of nitriles is 1. The predicted molar refractivity (Wildman–Crippen MR) is 114 cm³/mol. The van der Waals surface area contributed by atoms with Gasteiger partial charge in [-0.1, -0.05) is 17.7 Å². The Kier molecular flexibility index (Phi) is 5.86. The molecule has 2 saturated heterocycles. The number of hydrogen-bond acceptors (Lipinski definition) is 4. The first-order valence-corrected chi connectivity index (χ1v) is 12.6. The van der Waals surface area contributed by atoms with Crippen LogP contribution in [0, 0.1) is 29.6 Å². The van der Waals surface area contributed by atoms with Gasteiger partial charge in [0.15, 0.2) is 0 Å². The topological polar surface area (TPSA) is 81.5 Å². The molecule has 3 fully saturated rings. The van der Waals surface area contributed by atoms with Crippen LogP contribution in [0.3, 0.4) is 0 Å². The van der Waals surface area contributed by atoms with Gasteiger partial charge in [0.25, 0.3) is 0 Å². The first-order valence-electron chi connectivity index (χ1n) is 10.7. The molecule has 0 N–H and O–H groups in total. The van der Waals surface area contributed by atoms with E-state index in [9.17, 15) is 13.2 Å². The van der Waals surface area contributed by atoms with E-state index in [1.54, 1.807) is 25.1 Å². The van der Waals surface area contributed by atoms with Crippen LogP contribution in [0.2, 0.25) is 5.02 Å². The maximum atomic E-state index is 13.5. The number of sulfonamides is 1. The van der Waals surface area contributed by atoms with Crippen LogP contribution in [0.15, 0.2) is 23.1 Å². The number of carbonyl (C=O) groups excluding carboxylic acids is 1. The van der Waals surface area contributed by atoms with Gasteiger partial charge in [-0.15, -0.1) is 0 Å². The Bertz CT molecular complexity index is 982. The van der Waals surface area contributed by atoms with Crippen LogP contribution in [0.1, 0.15) is 50.5 Å². The number of piperidine rings is 1. The fourth-order valence-corrected chi connectivity index (χ4v) is 7.43. The quantitative estimate of drug-likeness (QED) is 0.703. The lowest BCUT2D eigenvalue weighted by Gasteiger charge is -2.40. The molecule has 1 unspecified atom stereocenters. The normalized spacial score (nSPS) is 30.6. The van der Waals surface area contributed by atoms with Gasteiger partial charge in [0, 0.05) is 36.6 Å². The summed E-state index contributed by atoms with van der Waals surface area (Å²) in [4.78, 5) is 15.7. The summed E-state index contributed by atoms with van der Waals surface area (Å²) in [6, 6.07) is 7.46. The van der Waals surface area contributed by atoms with E-state index in [0.29, 0.717) is 36.5 Å². The van der Waals surface area contributed by atoms with Crippen molar-refractivity contribution in [2.75, 3.05) is 19.6 Å². The summed E-state index contributed by atoms with van der Waals surface area (Å²) in [6.45, 7) is 3.07. The van der Waals surface area contributed by atoms with Gasteiger partial charge in [0.05, 0.1) is 16.4 Å². The lowest BCUT2D eigenvalue weighted by molar-refractivity contribution is -0.140. The molecule has 1 spiro atoms. The highest BCUT2D eigenvalue weighted by Gasteiger charge is 2.52. The maximum Gasteiger partial charge on any atom is 0.243 e. The first-order chi connectivity index (χ1) is 14.3. The average Bonchev–Trinajstić information content (AvgIpc) is 3.05. The van der Waals surface area contributed by atoms with Gasteiger partial charge in [-0.25, -0.2) is 8.42 Å². The number of hydrogen-bond donors (Lipinski definition) is 0. The number of halogens is 1. The summed E-state index contributed by atoms with van der Waals surface area (Å²) in [7, 11) is -3.71. The molecule has 4 rings (SSSR count). The molecule has 0 radical (unpaired) electrons. The number of likely N-dealkylation sites (tertiary alicyclic amines) is 1. The first kappa shape index (κ1) is 21.6. The monoisotopic (exact) mass is 449 g/mol. The number of amides is 1. The Hall–Kier alpha value is -1.62. The maximum absolute atomic E-state index is 13.5. The molecule has 8 heteroatoms. The van der Waals surface area contributed by atoms with Crippen LogP contribution < -0.4 is 0 Å². The molecule has 1 atom stereocenters. The van der Waals surface area contributed by atoms with E-state index < -0.39 is 15.4 Å². The number of carbonyl (C=O) groups is 1. The van der Waals surface area contributed by atoms with Gasteiger partial charge in [-0.3, -0.25) is 4.79 Å². The zero-order valence-electron chi connectivity index (χ0n) is 17.3. The van der Waals surface area contributed by atoms with Gasteiger partial charge in [0.1, 0.15) is 0 Å². The summed E-state index contributed by atoms with van der Waals surface area (Å²) >= 11 is 6.16. The predicted octanol–water partition coefficient (Wildman–Crippen LogP) is 3.73. The van der Waals surface area contributed by atoms with Gasteiger partial charge < -0.3 is 4.90 Å². The van der Waals surface area contributed by atoms with Crippen molar-refractivity contribution in [3.8, 4) is 6.07 Å². The Balaban J connectivity index is 1.53. The zero-order valence-corrected chi connectivity index (χ0v) is 18.9. The molecule has 1 aromatic carbocycles. The minimum Gasteiger partial charge on any atom is -0.339 e. The van der Waals surface area contributed by atoms with Gasteiger partial charge in [-0.2, -0.15) is 9.57 Å². The third kappa shape index (κ3) is 3.63. The second-order valence-electron chi connectivity index (χ2n) is 8.97. The molecule has 30 heavy (non-hydrogen) atoms. The molecule has 0 aromatic heterocycles. The highest BCUT2D eigenvalue weighted by molar-refractivity contribution is 7.89. The summed E-state index contributed by atoms with van der Waals surface area (Å²) in [5.41, 5.74) is -0.0726. The van der Waals surface area contributed by atoms with Crippen molar-refractivity contribution in [3.63, 3.8) is 0 Å². The van der Waals surface area contributed by atoms with Crippen LogP contribution in [0.25, 0.3) is 0 Å². The molecule has 0 bridgehead atoms. The third-order valence-corrected chi connectivity index (χ3v) is 9.64. The second-order valence-corrected chi connectivity index (χ2v) is 11.3. The fraction of sp³-hybridized carbons (Fsp3) is 0.636. The van der Waals surface area contributed by atoms with Crippen molar-refractivity contribution in [1.29, 1.82) is 5.26 Å². The Morgan fingerprint density at radius 3 is 2.60 bits per heavy atom. The Morgan fingerprint density at radius 2 is 1.90 bits per heavy atom. The van der Waals surface area contributed by atoms with Crippen LogP contribution >= 0.6 is 11.6 Å². The summed E-state index contributed by atoms with van der Waals surface area (Å²) < 4.78 is 28.2. The van der Waals surface area contributed by atoms with Crippen LogP contribution in [0.5, 0.6) is 0 Å². The van der Waals surface area contributed by atoms with Crippen LogP contribution in [-0.4, -0.2) is 49.2 Å². The van der Waals surface area contributed by atoms with E-state index in [-0.39, 0.29) is 29.3 Å². The summed E-state index contributed by atoms with van der Waals surface area (Å²) in [5, 5.41) is 9.56. The van der Waals surface area contributed by atoms with E-state index in [2.05, 4.69) is 6.07 Å². The van der Waals surface area contributed by atoms with E-state index >= 15 is 0 Å². The van der Waals surface area contributed by atoms with E-state index in [1.807, 2.05) is 4.90 Å². The number of rotatable bonds is 3. The van der Waals surface area contributed by atoms with Gasteiger partial charge in [-0.05, 0) is 69.6 Å². The van der Waals surface area contributed by atoms with E-state index in [4.69, 9.17) is 16.9 Å². The molecule has 1 aliphatic carbocycles. The van der Waals surface area contributed by atoms with Crippen molar-refractivity contribution in [2.24, 2.45) is 11.3 Å². The van der Waals surface area contributed by atoms with Crippen LogP contribution in [-0.2, 0) is 14.8 Å². The summed E-state index contributed by atoms with van der Waals surface area (Å²) in [5.74, 6) is 0.204. The molecule has 2 aliphatic heterocycles. The fourth-order valence-electron chi connectivity index (χ4n) is 5.39. The molecule has 1 saturated carbocycles. The molecule has 1 amide bonds. The molecule has 2 heterocycles. The lowest BCUT2D eigenvalue weighted by Crippen LogP contribution is -2.51. The highest BCUT2D eigenvalue weighted by atomic mass is 35.5. The zero-order chi connectivity index (χ0) is 21.5. The average molecular weight is 450 g/mol. The minimum atomic E-state index is -3.71. The van der Waals surface area contributed by atoms with Crippen molar-refractivity contribution in [3.05, 3.63) is 28.8 Å². The molecular weight excluding hydrogens is 422 g/mol. The van der Waals surface area contributed by atoms with Crippen molar-refractivity contribution >= 4 is 27.5 Å². The van der Waals surface area contributed by atoms with E-state index in [0.717, 1.165) is 32.1 Å². The van der Waals surface area contributed by atoms with Gasteiger partial charge >= 0.3 is 0 Å². The smallest absolute Gasteiger partial charge is 0.243 e. The molecule has 1 aromatic rings. The molecule has 3 aliphatic rings. The summed E-state index contributed by atoms with van der Waals surface area (Å²) in [6.07, 6.45) is 5.52. The molecule has 162 valence electrons. The third-order valence-electron chi connectivity index (χ3n) is 7.24. The molecule has 6 nitrogen and oxygen atoms in total. The number of nitrogens with zero attached hydrogens (tertiary/aromatic N) is 3. The largest absolute Gasteiger partial charge is 0.339 e. The number of benzene rings is 1. The minimum absolute atomic E-state index is 0.101. The van der Waals surface area contributed by atoms with Crippen molar-refractivity contribution < 1.29 is 13.2 Å². The molecular formula is C22H28ClN3O3S. The standard InChI is InChI=1S/C22H28ClN3O3S/c1-16-19(23)4-2-5-20(16)30(28,29)25-12-3-10-22(15-25)11-13-26(21(22)27)18-8-6-17(14-24)7-9-18/h2,4-5,17-18H,3,6-13,15H2,1H3. The highest BCUT2D eigenvalue weighted by Crippen LogP contribution is 2.44. The van der Waals surface area contributed by atoms with E-state index in [1.165, 1.54) is 4.31 Å². The SMILES string of the molecule is Cc1c(Cl)cccc1S(=O)(=O)N1CCCC2(CCN(C3CCC(C#N)CC3)C2=O)C1. The second kappa shape index (κ2) is 8.14. The lowest BCUT2D eigenvalue weighted by atomic mass is 9.79. The van der Waals surface area contributed by atoms with Crippen molar-refractivity contribution in [2.45, 2.75) is 62.8 Å².